The molecule has 1 saturated heterocycles. The third-order valence-electron chi connectivity index (χ3n) is 7.40. The summed E-state index contributed by atoms with van der Waals surface area (Å²) in [5, 5.41) is 0. The summed E-state index contributed by atoms with van der Waals surface area (Å²) in [7, 11) is 1.59. The van der Waals surface area contributed by atoms with Crippen LogP contribution in [0.3, 0.4) is 0 Å². The van der Waals surface area contributed by atoms with Gasteiger partial charge in [0.15, 0.2) is 0 Å². The quantitative estimate of drug-likeness (QED) is 0.352. The Kier molecular flexibility index (Phi) is 7.40. The van der Waals surface area contributed by atoms with Crippen LogP contribution in [0, 0.1) is 11.8 Å². The van der Waals surface area contributed by atoms with Crippen molar-refractivity contribution in [2.24, 2.45) is 5.41 Å². The summed E-state index contributed by atoms with van der Waals surface area (Å²) in [6, 6.07) is 0.523. The third kappa shape index (κ3) is 5.73. The van der Waals surface area contributed by atoms with Crippen molar-refractivity contribution < 1.29 is 40.6 Å². The Morgan fingerprint density at radius 3 is 2.29 bits per heavy atom. The number of carbonyl (C=O) groups excluding carboxylic acids is 1. The maximum absolute atomic E-state index is 13.4. The SMILES string of the molecule is COC1=CC[CH]C=C1C1=C(CN2C(=O)O[C@H](c3cc(C(F)(F)F)cc(C(F)(F)F)c3)[C@@H]2C)CC(C)(C)CC1. The Balaban J connectivity index is 1.69. The van der Waals surface area contributed by atoms with Crippen molar-refractivity contribution in [2.75, 3.05) is 13.7 Å². The number of halogens is 6. The number of methoxy groups -OCH3 is 1. The molecule has 1 amide bonds. The van der Waals surface area contributed by atoms with Gasteiger partial charge in [0.1, 0.15) is 11.9 Å². The number of benzene rings is 1. The molecule has 0 aromatic heterocycles. The first-order valence-corrected chi connectivity index (χ1v) is 12.4. The first-order chi connectivity index (χ1) is 17.6. The molecule has 1 aromatic carbocycles. The van der Waals surface area contributed by atoms with Crippen LogP contribution in [-0.4, -0.2) is 30.7 Å². The zero-order valence-electron chi connectivity index (χ0n) is 21.6. The first kappa shape index (κ1) is 28.1. The molecule has 1 fully saturated rings. The zero-order valence-corrected chi connectivity index (χ0v) is 21.6. The van der Waals surface area contributed by atoms with E-state index in [-0.39, 0.29) is 23.6 Å². The minimum absolute atomic E-state index is 0.0519. The molecular formula is C28H30F6NO3. The molecule has 4 nitrogen and oxygen atoms in total. The van der Waals surface area contributed by atoms with Gasteiger partial charge in [-0.1, -0.05) is 19.9 Å². The molecule has 0 bridgehead atoms. The van der Waals surface area contributed by atoms with Crippen molar-refractivity contribution in [3.05, 3.63) is 75.9 Å². The van der Waals surface area contributed by atoms with Gasteiger partial charge in [-0.15, -0.1) is 0 Å². The lowest BCUT2D eigenvalue weighted by Gasteiger charge is -2.36. The summed E-state index contributed by atoms with van der Waals surface area (Å²) in [6.07, 6.45) is -3.04. The van der Waals surface area contributed by atoms with Crippen molar-refractivity contribution in [3.63, 3.8) is 0 Å². The van der Waals surface area contributed by atoms with E-state index in [2.05, 4.69) is 13.8 Å². The predicted molar refractivity (Wildman–Crippen MR) is 129 cm³/mol. The molecule has 0 unspecified atom stereocenters. The highest BCUT2D eigenvalue weighted by Gasteiger charge is 2.44. The van der Waals surface area contributed by atoms with Gasteiger partial charge in [-0.2, -0.15) is 26.3 Å². The van der Waals surface area contributed by atoms with Crippen LogP contribution >= 0.6 is 0 Å². The van der Waals surface area contributed by atoms with Crippen LogP contribution in [-0.2, 0) is 21.8 Å². The Labute approximate surface area is 218 Å². The zero-order chi connectivity index (χ0) is 28.0. The highest BCUT2D eigenvalue weighted by molar-refractivity contribution is 5.72. The molecule has 4 rings (SSSR count). The molecule has 1 radical (unpaired) electrons. The second-order valence-electron chi connectivity index (χ2n) is 10.8. The number of hydrogen-bond acceptors (Lipinski definition) is 3. The van der Waals surface area contributed by atoms with Gasteiger partial charge in [0.25, 0.3) is 0 Å². The topological polar surface area (TPSA) is 38.8 Å². The predicted octanol–water partition coefficient (Wildman–Crippen LogP) is 8.18. The molecule has 1 aliphatic heterocycles. The van der Waals surface area contributed by atoms with Crippen LogP contribution in [0.4, 0.5) is 31.1 Å². The highest BCUT2D eigenvalue weighted by atomic mass is 19.4. The Bertz CT molecular complexity index is 1160. The minimum atomic E-state index is -4.99. The summed E-state index contributed by atoms with van der Waals surface area (Å²) in [6.45, 7) is 5.96. The van der Waals surface area contributed by atoms with Gasteiger partial charge < -0.3 is 9.47 Å². The molecule has 2 atom stereocenters. The molecule has 3 aliphatic rings. The first-order valence-electron chi connectivity index (χ1n) is 12.4. The molecule has 1 aromatic rings. The van der Waals surface area contributed by atoms with E-state index in [1.807, 2.05) is 18.6 Å². The number of rotatable bonds is 5. The molecular weight excluding hydrogens is 512 g/mol. The van der Waals surface area contributed by atoms with E-state index >= 15 is 0 Å². The van der Waals surface area contributed by atoms with E-state index in [1.165, 1.54) is 4.90 Å². The van der Waals surface area contributed by atoms with Crippen molar-refractivity contribution in [1.82, 2.24) is 4.90 Å². The fourth-order valence-corrected chi connectivity index (χ4v) is 5.39. The molecule has 207 valence electrons. The van der Waals surface area contributed by atoms with Crippen LogP contribution in [0.1, 0.15) is 69.2 Å². The smallest absolute Gasteiger partial charge is 0.416 e. The lowest BCUT2D eigenvalue weighted by molar-refractivity contribution is -0.143. The highest BCUT2D eigenvalue weighted by Crippen LogP contribution is 2.45. The molecule has 0 saturated carbocycles. The summed E-state index contributed by atoms with van der Waals surface area (Å²) in [5.41, 5.74) is -0.351. The largest absolute Gasteiger partial charge is 0.496 e. The van der Waals surface area contributed by atoms with E-state index in [1.54, 1.807) is 14.0 Å². The lowest BCUT2D eigenvalue weighted by atomic mass is 9.72. The van der Waals surface area contributed by atoms with Gasteiger partial charge in [0.05, 0.1) is 24.3 Å². The van der Waals surface area contributed by atoms with Crippen LogP contribution in [0.25, 0.3) is 0 Å². The number of hydrogen-bond donors (Lipinski definition) is 0. The van der Waals surface area contributed by atoms with Gasteiger partial charge in [0.2, 0.25) is 0 Å². The van der Waals surface area contributed by atoms with E-state index in [0.29, 0.717) is 18.6 Å². The average molecular weight is 543 g/mol. The molecule has 0 N–H and O–H groups in total. The molecule has 2 aliphatic carbocycles. The number of allylic oxidation sites excluding steroid dienone is 3. The number of cyclic esters (lactones) is 1. The van der Waals surface area contributed by atoms with Crippen LogP contribution < -0.4 is 0 Å². The maximum Gasteiger partial charge on any atom is 0.416 e. The Morgan fingerprint density at radius 1 is 1.08 bits per heavy atom. The second-order valence-corrected chi connectivity index (χ2v) is 10.8. The number of amides is 1. The standard InChI is InChI=1S/C28H30F6NO3/c1-16-24(17-11-19(27(29,30)31)13-20(12-17)28(32,33)34)38-25(36)35(16)15-18-14-26(2,3)10-9-21(18)22-7-5-6-8-23(22)37-4/h5,7-8,11-13,16,24H,6,9-10,14-15H2,1-4H3/t16-,24-/m0/s1. The van der Waals surface area contributed by atoms with Crippen LogP contribution in [0.5, 0.6) is 0 Å². The minimum Gasteiger partial charge on any atom is -0.496 e. The average Bonchev–Trinajstić information content (AvgIpc) is 3.11. The van der Waals surface area contributed by atoms with Gasteiger partial charge >= 0.3 is 18.4 Å². The summed E-state index contributed by atoms with van der Waals surface area (Å²) >= 11 is 0. The van der Waals surface area contributed by atoms with E-state index in [0.717, 1.165) is 41.7 Å². The monoisotopic (exact) mass is 542 g/mol. The number of ether oxygens (including phenoxy) is 2. The van der Waals surface area contributed by atoms with Crippen molar-refractivity contribution in [1.29, 1.82) is 0 Å². The fraction of sp³-hybridized carbons (Fsp3) is 0.500. The summed E-state index contributed by atoms with van der Waals surface area (Å²) in [5.74, 6) is 0.735. The van der Waals surface area contributed by atoms with Crippen LogP contribution in [0.2, 0.25) is 0 Å². The van der Waals surface area contributed by atoms with Crippen LogP contribution in [0.15, 0.2) is 52.8 Å². The molecule has 0 spiro atoms. The van der Waals surface area contributed by atoms with Gasteiger partial charge in [0, 0.05) is 12.1 Å². The van der Waals surface area contributed by atoms with Gasteiger partial charge in [-0.3, -0.25) is 4.90 Å². The normalized spacial score (nSPS) is 24.3. The van der Waals surface area contributed by atoms with E-state index in [4.69, 9.17) is 9.47 Å². The third-order valence-corrected chi connectivity index (χ3v) is 7.40. The fourth-order valence-electron chi connectivity index (χ4n) is 5.39. The van der Waals surface area contributed by atoms with Crippen molar-refractivity contribution in [3.8, 4) is 0 Å². The Morgan fingerprint density at radius 2 is 1.71 bits per heavy atom. The molecule has 1 heterocycles. The number of carbonyl (C=O) groups is 1. The van der Waals surface area contributed by atoms with Gasteiger partial charge in [-0.25, -0.2) is 4.79 Å². The number of alkyl halides is 6. The van der Waals surface area contributed by atoms with Crippen molar-refractivity contribution in [2.45, 2.75) is 71.0 Å². The van der Waals surface area contributed by atoms with Gasteiger partial charge in [-0.05, 0) is 85.4 Å². The molecule has 38 heavy (non-hydrogen) atoms. The summed E-state index contributed by atoms with van der Waals surface area (Å²) < 4.78 is 91.5. The lowest BCUT2D eigenvalue weighted by Crippen LogP contribution is -2.36. The molecule has 10 heteroatoms. The number of nitrogens with zero attached hydrogens (tertiary/aromatic N) is 1. The van der Waals surface area contributed by atoms with E-state index < -0.39 is 41.7 Å². The second kappa shape index (κ2) is 10.0. The van der Waals surface area contributed by atoms with E-state index in [9.17, 15) is 31.1 Å². The maximum atomic E-state index is 13.4. The Hall–Kier alpha value is -2.91. The van der Waals surface area contributed by atoms with Crippen molar-refractivity contribution >= 4 is 6.09 Å². The summed E-state index contributed by atoms with van der Waals surface area (Å²) in [4.78, 5) is 14.3.